The van der Waals surface area contributed by atoms with E-state index in [0.29, 0.717) is 0 Å². The van der Waals surface area contributed by atoms with Crippen LogP contribution < -0.4 is 0 Å². The van der Waals surface area contributed by atoms with E-state index < -0.39 is 0 Å². The Labute approximate surface area is 102 Å². The van der Waals surface area contributed by atoms with Gasteiger partial charge in [0.1, 0.15) is 0 Å². The van der Waals surface area contributed by atoms with Crippen LogP contribution in [0.15, 0.2) is 24.3 Å². The highest BCUT2D eigenvalue weighted by Gasteiger charge is 2.09. The second kappa shape index (κ2) is 7.65. The molecule has 0 aliphatic carbocycles. The van der Waals surface area contributed by atoms with Crippen molar-refractivity contribution in [2.45, 2.75) is 26.7 Å². The summed E-state index contributed by atoms with van der Waals surface area (Å²) in [7, 11) is 2.72. The van der Waals surface area contributed by atoms with Gasteiger partial charge in [-0.15, -0.1) is 0 Å². The summed E-state index contributed by atoms with van der Waals surface area (Å²) < 4.78 is 9.05. The van der Waals surface area contributed by atoms with Crippen LogP contribution in [-0.4, -0.2) is 26.2 Å². The molecule has 4 nitrogen and oxygen atoms in total. The zero-order valence-electron chi connectivity index (χ0n) is 10.9. The molecule has 0 aliphatic heterocycles. The van der Waals surface area contributed by atoms with E-state index in [1.165, 1.54) is 14.2 Å². The first kappa shape index (κ1) is 15.4. The van der Waals surface area contributed by atoms with Crippen molar-refractivity contribution in [2.75, 3.05) is 14.2 Å². The minimum absolute atomic E-state index is 0.206. The number of carbonyl (C=O) groups is 2. The Hall–Kier alpha value is -1.58. The van der Waals surface area contributed by atoms with E-state index in [-0.39, 0.29) is 30.2 Å². The van der Waals surface area contributed by atoms with Gasteiger partial charge in [0, 0.05) is 5.41 Å². The van der Waals surface area contributed by atoms with Gasteiger partial charge in [-0.2, -0.15) is 0 Å². The predicted octanol–water partition coefficient (Wildman–Crippen LogP) is 2.25. The van der Waals surface area contributed by atoms with Gasteiger partial charge in [-0.1, -0.05) is 38.2 Å². The smallest absolute Gasteiger partial charge is 0.309 e. The van der Waals surface area contributed by atoms with Crippen LogP contribution >= 0.6 is 0 Å². The minimum Gasteiger partial charge on any atom is -0.469 e. The van der Waals surface area contributed by atoms with Gasteiger partial charge in [0.25, 0.3) is 0 Å². The molecule has 0 heterocycles. The van der Waals surface area contributed by atoms with Crippen molar-refractivity contribution in [3.8, 4) is 0 Å². The summed E-state index contributed by atoms with van der Waals surface area (Å²) in [6, 6.07) is 0. The third-order valence-corrected chi connectivity index (χ3v) is 2.12. The monoisotopic (exact) mass is 240 g/mol. The fraction of sp³-hybridized carbons (Fsp3) is 0.538. The maximum atomic E-state index is 10.9. The molecule has 0 aromatic heterocycles. The lowest BCUT2D eigenvalue weighted by molar-refractivity contribution is -0.140. The summed E-state index contributed by atoms with van der Waals surface area (Å²) in [5.41, 5.74) is -0.206. The number of carbonyl (C=O) groups excluding carboxylic acids is 2. The van der Waals surface area contributed by atoms with E-state index in [1.54, 1.807) is 12.2 Å². The zero-order chi connectivity index (χ0) is 13.3. The van der Waals surface area contributed by atoms with Crippen LogP contribution in [0.1, 0.15) is 26.7 Å². The molecule has 0 spiro atoms. The first-order chi connectivity index (χ1) is 7.91. The van der Waals surface area contributed by atoms with Gasteiger partial charge in [-0.3, -0.25) is 9.59 Å². The zero-order valence-corrected chi connectivity index (χ0v) is 10.9. The molecular formula is C13H20O4. The number of hydrogen-bond donors (Lipinski definition) is 0. The summed E-state index contributed by atoms with van der Waals surface area (Å²) in [4.78, 5) is 21.8. The molecule has 4 heteroatoms. The van der Waals surface area contributed by atoms with Crippen molar-refractivity contribution in [1.29, 1.82) is 0 Å². The van der Waals surface area contributed by atoms with Crippen LogP contribution in [0.5, 0.6) is 0 Å². The molecule has 0 aromatic carbocycles. The lowest BCUT2D eigenvalue weighted by atomic mass is 9.92. The summed E-state index contributed by atoms with van der Waals surface area (Å²) in [6.07, 6.45) is 7.83. The number of hydrogen-bond acceptors (Lipinski definition) is 4. The van der Waals surface area contributed by atoms with Gasteiger partial charge in [-0.25, -0.2) is 0 Å². The number of ether oxygens (including phenoxy) is 2. The molecule has 0 unspecified atom stereocenters. The third-order valence-electron chi connectivity index (χ3n) is 2.12. The molecule has 0 aliphatic rings. The van der Waals surface area contributed by atoms with E-state index in [9.17, 15) is 9.59 Å². The summed E-state index contributed by atoms with van der Waals surface area (Å²) in [5, 5.41) is 0. The van der Waals surface area contributed by atoms with Gasteiger partial charge in [0.05, 0.1) is 27.1 Å². The Morgan fingerprint density at radius 1 is 0.941 bits per heavy atom. The van der Waals surface area contributed by atoms with Gasteiger partial charge in [-0.05, 0) is 0 Å². The maximum absolute atomic E-state index is 10.9. The van der Waals surface area contributed by atoms with Crippen LogP contribution in [0, 0.1) is 5.41 Å². The number of allylic oxidation sites excluding steroid dienone is 2. The van der Waals surface area contributed by atoms with Crippen LogP contribution in [0.3, 0.4) is 0 Å². The van der Waals surface area contributed by atoms with Crippen LogP contribution in [0.4, 0.5) is 0 Å². The Morgan fingerprint density at radius 2 is 1.29 bits per heavy atom. The van der Waals surface area contributed by atoms with Crippen LogP contribution in [0.25, 0.3) is 0 Å². The van der Waals surface area contributed by atoms with Crippen LogP contribution in [-0.2, 0) is 19.1 Å². The van der Waals surface area contributed by atoms with Crippen molar-refractivity contribution in [2.24, 2.45) is 5.41 Å². The molecule has 0 radical (unpaired) electrons. The Morgan fingerprint density at radius 3 is 1.59 bits per heavy atom. The molecule has 0 amide bonds. The summed E-state index contributed by atoms with van der Waals surface area (Å²) >= 11 is 0. The molecule has 96 valence electrons. The lowest BCUT2D eigenvalue weighted by Gasteiger charge is -2.14. The van der Waals surface area contributed by atoms with Crippen molar-refractivity contribution >= 4 is 11.9 Å². The fourth-order valence-corrected chi connectivity index (χ4v) is 1.14. The number of methoxy groups -OCH3 is 2. The second-order valence-corrected chi connectivity index (χ2v) is 4.19. The van der Waals surface area contributed by atoms with Gasteiger partial charge >= 0.3 is 11.9 Å². The predicted molar refractivity (Wildman–Crippen MR) is 65.3 cm³/mol. The highest BCUT2D eigenvalue weighted by atomic mass is 16.5. The lowest BCUT2D eigenvalue weighted by Crippen LogP contribution is -2.04. The molecule has 0 N–H and O–H groups in total. The summed E-state index contributed by atoms with van der Waals surface area (Å²) in [5.74, 6) is -0.536. The molecule has 17 heavy (non-hydrogen) atoms. The summed E-state index contributed by atoms with van der Waals surface area (Å²) in [6.45, 7) is 3.96. The third kappa shape index (κ3) is 8.25. The topological polar surface area (TPSA) is 52.6 Å². The minimum atomic E-state index is -0.268. The molecule has 0 rings (SSSR count). The van der Waals surface area contributed by atoms with E-state index >= 15 is 0 Å². The quantitative estimate of drug-likeness (QED) is 0.528. The Balaban J connectivity index is 4.18. The van der Waals surface area contributed by atoms with E-state index in [0.717, 1.165) is 0 Å². The molecule has 0 bridgehead atoms. The molecule has 0 aromatic rings. The van der Waals surface area contributed by atoms with Crippen molar-refractivity contribution in [1.82, 2.24) is 0 Å². The van der Waals surface area contributed by atoms with Crippen molar-refractivity contribution < 1.29 is 19.1 Å². The normalized spacial score (nSPS) is 12.0. The first-order valence-corrected chi connectivity index (χ1v) is 5.40. The standard InChI is InChI=1S/C13H20O4/c1-13(2,9-5-7-11(14)16-3)10-6-8-12(15)17-4/h5-6,9-10H,7-8H2,1-4H3/b9-5+,10-6+. The van der Waals surface area contributed by atoms with Crippen molar-refractivity contribution in [3.05, 3.63) is 24.3 Å². The Kier molecular flexibility index (Phi) is 6.94. The van der Waals surface area contributed by atoms with Gasteiger partial charge < -0.3 is 9.47 Å². The second-order valence-electron chi connectivity index (χ2n) is 4.19. The molecule has 0 saturated heterocycles. The number of esters is 2. The van der Waals surface area contributed by atoms with E-state index in [4.69, 9.17) is 0 Å². The van der Waals surface area contributed by atoms with Crippen LogP contribution in [0.2, 0.25) is 0 Å². The largest absolute Gasteiger partial charge is 0.469 e. The SMILES string of the molecule is COC(=O)C/C=C/C(C)(C)/C=C/CC(=O)OC. The highest BCUT2D eigenvalue weighted by Crippen LogP contribution is 2.19. The van der Waals surface area contributed by atoms with Gasteiger partial charge in [0.2, 0.25) is 0 Å². The average molecular weight is 240 g/mol. The van der Waals surface area contributed by atoms with E-state index in [2.05, 4.69) is 9.47 Å². The van der Waals surface area contributed by atoms with Gasteiger partial charge in [0.15, 0.2) is 0 Å². The molecular weight excluding hydrogens is 220 g/mol. The molecule has 0 atom stereocenters. The molecule has 0 fully saturated rings. The van der Waals surface area contributed by atoms with Crippen molar-refractivity contribution in [3.63, 3.8) is 0 Å². The fourth-order valence-electron chi connectivity index (χ4n) is 1.14. The first-order valence-electron chi connectivity index (χ1n) is 5.40. The Bertz CT molecular complexity index is 283. The molecule has 0 saturated carbocycles. The average Bonchev–Trinajstić information content (AvgIpc) is 2.27. The van der Waals surface area contributed by atoms with E-state index in [1.807, 2.05) is 26.0 Å². The maximum Gasteiger partial charge on any atom is 0.309 e. The number of rotatable bonds is 6. The highest BCUT2D eigenvalue weighted by molar-refractivity contribution is 5.71.